The maximum atomic E-state index is 11.8. The number of esters is 1. The van der Waals surface area contributed by atoms with E-state index in [1.165, 1.54) is 0 Å². The summed E-state index contributed by atoms with van der Waals surface area (Å²) in [5.74, 6) is -0.0617. The van der Waals surface area contributed by atoms with Crippen molar-refractivity contribution in [2.45, 2.75) is 58.6 Å². The van der Waals surface area contributed by atoms with Crippen molar-refractivity contribution in [2.24, 2.45) is 5.73 Å². The third-order valence-corrected chi connectivity index (χ3v) is 3.01. The summed E-state index contributed by atoms with van der Waals surface area (Å²) in [7, 11) is 0. The van der Waals surface area contributed by atoms with Gasteiger partial charge in [-0.3, -0.25) is 0 Å². The Morgan fingerprint density at radius 1 is 1.17 bits per heavy atom. The first-order valence-corrected chi connectivity index (χ1v) is 8.13. The number of nitrogens with two attached hydrogens (primary N) is 1. The van der Waals surface area contributed by atoms with Crippen LogP contribution in [0.3, 0.4) is 0 Å². The summed E-state index contributed by atoms with van der Waals surface area (Å²) in [6.07, 6.45) is 0.864. The lowest BCUT2D eigenvalue weighted by Crippen LogP contribution is -2.35. The Balaban J connectivity index is 2.47. The van der Waals surface area contributed by atoms with Gasteiger partial charge in [0, 0.05) is 0 Å². The summed E-state index contributed by atoms with van der Waals surface area (Å²) in [5.41, 5.74) is 6.35. The number of carbonyl (C=O) groups is 2. The molecule has 0 spiro atoms. The molecule has 0 unspecified atom stereocenters. The standard InChI is InChI=1S/C18H27NO5/c1-5-6-11-22-17(21)23-16(20)15(19)12-13-7-9-14(10-8-13)24-18(2,3)4/h7-10,15H,5-6,11-12,19H2,1-4H3/t15-/m0/s1. The average Bonchev–Trinajstić information content (AvgIpc) is 2.48. The fourth-order valence-electron chi connectivity index (χ4n) is 1.87. The largest absolute Gasteiger partial charge is 0.516 e. The first kappa shape index (κ1) is 20.0. The molecule has 0 heterocycles. The van der Waals surface area contributed by atoms with Gasteiger partial charge in [0.05, 0.1) is 6.61 Å². The zero-order valence-electron chi connectivity index (χ0n) is 14.8. The van der Waals surface area contributed by atoms with E-state index in [9.17, 15) is 9.59 Å². The van der Waals surface area contributed by atoms with Gasteiger partial charge in [0.15, 0.2) is 0 Å². The van der Waals surface area contributed by atoms with E-state index in [1.54, 1.807) is 0 Å². The minimum Gasteiger partial charge on any atom is -0.488 e. The lowest BCUT2D eigenvalue weighted by molar-refractivity contribution is -0.141. The normalized spacial score (nSPS) is 12.4. The minimum atomic E-state index is -1.00. The van der Waals surface area contributed by atoms with Crippen molar-refractivity contribution in [2.75, 3.05) is 6.61 Å². The van der Waals surface area contributed by atoms with Gasteiger partial charge in [0.25, 0.3) is 0 Å². The van der Waals surface area contributed by atoms with Crippen LogP contribution in [-0.4, -0.2) is 30.4 Å². The summed E-state index contributed by atoms with van der Waals surface area (Å²) >= 11 is 0. The van der Waals surface area contributed by atoms with E-state index in [0.29, 0.717) is 0 Å². The molecule has 6 nitrogen and oxygen atoms in total. The van der Waals surface area contributed by atoms with Crippen LogP contribution in [-0.2, 0) is 20.7 Å². The molecule has 0 aliphatic heterocycles. The highest BCUT2D eigenvalue weighted by atomic mass is 16.7. The van der Waals surface area contributed by atoms with E-state index in [2.05, 4.69) is 4.74 Å². The molecule has 0 saturated heterocycles. The predicted molar refractivity (Wildman–Crippen MR) is 90.9 cm³/mol. The average molecular weight is 337 g/mol. The summed E-state index contributed by atoms with van der Waals surface area (Å²) in [6.45, 7) is 8.09. The Labute approximate surface area is 143 Å². The number of carbonyl (C=O) groups excluding carboxylic acids is 2. The molecule has 0 fully saturated rings. The predicted octanol–water partition coefficient (Wildman–Crippen LogP) is 3.21. The molecule has 0 aromatic heterocycles. The van der Waals surface area contributed by atoms with Crippen molar-refractivity contribution >= 4 is 12.1 Å². The highest BCUT2D eigenvalue weighted by Crippen LogP contribution is 2.19. The van der Waals surface area contributed by atoms with Gasteiger partial charge in [-0.1, -0.05) is 25.5 Å². The molecule has 1 atom stereocenters. The Bertz CT molecular complexity index is 533. The molecule has 1 rings (SSSR count). The maximum Gasteiger partial charge on any atom is 0.516 e. The second-order valence-corrected chi connectivity index (χ2v) is 6.54. The molecular weight excluding hydrogens is 310 g/mol. The molecule has 2 N–H and O–H groups in total. The van der Waals surface area contributed by atoms with E-state index in [1.807, 2.05) is 52.0 Å². The van der Waals surface area contributed by atoms with Gasteiger partial charge in [-0.15, -0.1) is 0 Å². The topological polar surface area (TPSA) is 87.9 Å². The molecule has 134 valence electrons. The van der Waals surface area contributed by atoms with E-state index in [4.69, 9.17) is 15.2 Å². The molecule has 0 bridgehead atoms. The summed E-state index contributed by atoms with van der Waals surface area (Å²) in [4.78, 5) is 23.1. The third kappa shape index (κ3) is 7.97. The molecule has 24 heavy (non-hydrogen) atoms. The number of rotatable bonds is 7. The van der Waals surface area contributed by atoms with Crippen molar-refractivity contribution in [3.05, 3.63) is 29.8 Å². The zero-order valence-corrected chi connectivity index (χ0v) is 14.8. The van der Waals surface area contributed by atoms with Gasteiger partial charge in [-0.05, 0) is 51.3 Å². The van der Waals surface area contributed by atoms with Crippen LogP contribution in [0.5, 0.6) is 5.75 Å². The van der Waals surface area contributed by atoms with Gasteiger partial charge in [-0.25, -0.2) is 9.59 Å². The van der Waals surface area contributed by atoms with E-state index in [0.717, 1.165) is 24.2 Å². The van der Waals surface area contributed by atoms with Crippen molar-refractivity contribution in [1.29, 1.82) is 0 Å². The fourth-order valence-corrected chi connectivity index (χ4v) is 1.87. The summed E-state index contributed by atoms with van der Waals surface area (Å²) < 4.78 is 15.1. The molecule has 6 heteroatoms. The fraction of sp³-hybridized carbons (Fsp3) is 0.556. The highest BCUT2D eigenvalue weighted by Gasteiger charge is 2.20. The number of benzene rings is 1. The molecule has 0 aliphatic carbocycles. The smallest absolute Gasteiger partial charge is 0.488 e. The zero-order chi connectivity index (χ0) is 18.2. The number of hydrogen-bond donors (Lipinski definition) is 1. The molecule has 0 amide bonds. The number of unbranched alkanes of at least 4 members (excludes halogenated alkanes) is 1. The SMILES string of the molecule is CCCCOC(=O)OC(=O)[C@@H](N)Cc1ccc(OC(C)(C)C)cc1. The van der Waals surface area contributed by atoms with Crippen LogP contribution in [0.1, 0.15) is 46.1 Å². The summed E-state index contributed by atoms with van der Waals surface area (Å²) in [5, 5.41) is 0. The lowest BCUT2D eigenvalue weighted by Gasteiger charge is -2.21. The first-order chi connectivity index (χ1) is 11.2. The maximum absolute atomic E-state index is 11.8. The van der Waals surface area contributed by atoms with Crippen LogP contribution < -0.4 is 10.5 Å². The van der Waals surface area contributed by atoms with Gasteiger partial charge in [0.1, 0.15) is 17.4 Å². The van der Waals surface area contributed by atoms with E-state index >= 15 is 0 Å². The molecule has 0 saturated carbocycles. The number of ether oxygens (including phenoxy) is 3. The molecule has 0 radical (unpaired) electrons. The molecular formula is C18H27NO5. The van der Waals surface area contributed by atoms with Crippen LogP contribution in [0.4, 0.5) is 4.79 Å². The van der Waals surface area contributed by atoms with Gasteiger partial charge >= 0.3 is 12.1 Å². The Morgan fingerprint density at radius 3 is 2.33 bits per heavy atom. The van der Waals surface area contributed by atoms with Crippen molar-refractivity contribution < 1.29 is 23.8 Å². The van der Waals surface area contributed by atoms with E-state index in [-0.39, 0.29) is 18.6 Å². The first-order valence-electron chi connectivity index (χ1n) is 8.13. The minimum absolute atomic E-state index is 0.229. The van der Waals surface area contributed by atoms with Crippen molar-refractivity contribution in [3.8, 4) is 5.75 Å². The van der Waals surface area contributed by atoms with Crippen LogP contribution >= 0.6 is 0 Å². The monoisotopic (exact) mass is 337 g/mol. The number of hydrogen-bond acceptors (Lipinski definition) is 6. The molecule has 0 aliphatic rings. The van der Waals surface area contributed by atoms with Crippen molar-refractivity contribution in [1.82, 2.24) is 0 Å². The highest BCUT2D eigenvalue weighted by molar-refractivity contribution is 5.85. The second-order valence-electron chi connectivity index (χ2n) is 6.54. The van der Waals surface area contributed by atoms with Crippen LogP contribution in [0, 0.1) is 0 Å². The molecule has 1 aromatic rings. The Kier molecular flexibility index (Phi) is 7.71. The second kappa shape index (κ2) is 9.27. The quantitative estimate of drug-likeness (QED) is 0.467. The third-order valence-electron chi connectivity index (χ3n) is 3.01. The van der Waals surface area contributed by atoms with Gasteiger partial charge in [-0.2, -0.15) is 0 Å². The van der Waals surface area contributed by atoms with Crippen molar-refractivity contribution in [3.63, 3.8) is 0 Å². The van der Waals surface area contributed by atoms with Crippen LogP contribution in [0.15, 0.2) is 24.3 Å². The lowest BCUT2D eigenvalue weighted by atomic mass is 10.1. The van der Waals surface area contributed by atoms with E-state index < -0.39 is 18.2 Å². The summed E-state index contributed by atoms with van der Waals surface area (Å²) in [6, 6.07) is 6.36. The van der Waals surface area contributed by atoms with Crippen LogP contribution in [0.2, 0.25) is 0 Å². The Hall–Kier alpha value is -2.08. The van der Waals surface area contributed by atoms with Gasteiger partial charge < -0.3 is 19.9 Å². The Morgan fingerprint density at radius 2 is 1.79 bits per heavy atom. The van der Waals surface area contributed by atoms with Crippen LogP contribution in [0.25, 0.3) is 0 Å². The molecule has 1 aromatic carbocycles. The van der Waals surface area contributed by atoms with Gasteiger partial charge in [0.2, 0.25) is 0 Å².